The molecule has 1 N–H and O–H groups in total. The first-order valence-corrected chi connectivity index (χ1v) is 8.85. The molecular formula is C20H23N3O3. The molecule has 6 heteroatoms. The molecule has 1 fully saturated rings. The molecule has 1 aliphatic heterocycles. The Morgan fingerprint density at radius 3 is 2.77 bits per heavy atom. The van der Waals surface area contributed by atoms with E-state index in [1.54, 1.807) is 36.7 Å². The Balaban J connectivity index is 1.62. The Labute approximate surface area is 153 Å². The SMILES string of the molecule is CCC(=O)c1ccc(OCC(=O)N2CCNCC2c2cccnc2)cc1. The van der Waals surface area contributed by atoms with Gasteiger partial charge in [0.25, 0.3) is 5.91 Å². The van der Waals surface area contributed by atoms with Crippen LogP contribution in [0.25, 0.3) is 0 Å². The Hall–Kier alpha value is -2.73. The van der Waals surface area contributed by atoms with E-state index in [9.17, 15) is 9.59 Å². The highest BCUT2D eigenvalue weighted by Crippen LogP contribution is 2.22. The van der Waals surface area contributed by atoms with Crippen LogP contribution in [0.2, 0.25) is 0 Å². The summed E-state index contributed by atoms with van der Waals surface area (Å²) in [4.78, 5) is 30.3. The molecule has 1 aliphatic rings. The Bertz CT molecular complexity index is 747. The van der Waals surface area contributed by atoms with Gasteiger partial charge in [-0.2, -0.15) is 0 Å². The predicted octanol–water partition coefficient (Wildman–Crippen LogP) is 2.23. The van der Waals surface area contributed by atoms with Crippen molar-refractivity contribution in [2.75, 3.05) is 26.2 Å². The molecule has 0 bridgehead atoms. The van der Waals surface area contributed by atoms with Crippen LogP contribution in [0.1, 0.15) is 35.3 Å². The lowest BCUT2D eigenvalue weighted by atomic mass is 10.1. The van der Waals surface area contributed by atoms with Crippen molar-refractivity contribution in [3.05, 3.63) is 59.9 Å². The topological polar surface area (TPSA) is 71.5 Å². The number of piperazine rings is 1. The van der Waals surface area contributed by atoms with Crippen molar-refractivity contribution in [1.29, 1.82) is 0 Å². The van der Waals surface area contributed by atoms with Crippen LogP contribution in [0.3, 0.4) is 0 Å². The summed E-state index contributed by atoms with van der Waals surface area (Å²) in [6.07, 6.45) is 3.99. The second kappa shape index (κ2) is 8.58. The minimum atomic E-state index is -0.0611. The van der Waals surface area contributed by atoms with E-state index in [4.69, 9.17) is 4.74 Å². The number of carbonyl (C=O) groups excluding carboxylic acids is 2. The van der Waals surface area contributed by atoms with E-state index >= 15 is 0 Å². The van der Waals surface area contributed by atoms with E-state index < -0.39 is 0 Å². The number of pyridine rings is 1. The average Bonchev–Trinajstić information content (AvgIpc) is 2.72. The summed E-state index contributed by atoms with van der Waals surface area (Å²) in [6, 6.07) is 10.7. The van der Waals surface area contributed by atoms with E-state index in [-0.39, 0.29) is 24.3 Å². The highest BCUT2D eigenvalue weighted by molar-refractivity contribution is 5.95. The molecule has 2 aromatic rings. The number of carbonyl (C=O) groups is 2. The molecule has 136 valence electrons. The highest BCUT2D eigenvalue weighted by atomic mass is 16.5. The molecule has 0 saturated carbocycles. The van der Waals surface area contributed by atoms with Gasteiger partial charge in [-0.1, -0.05) is 13.0 Å². The molecule has 1 aromatic heterocycles. The number of benzene rings is 1. The summed E-state index contributed by atoms with van der Waals surface area (Å²) < 4.78 is 5.64. The van der Waals surface area contributed by atoms with Gasteiger partial charge in [-0.25, -0.2) is 0 Å². The number of nitrogens with one attached hydrogen (secondary N) is 1. The Morgan fingerprint density at radius 2 is 2.08 bits per heavy atom. The fourth-order valence-corrected chi connectivity index (χ4v) is 3.04. The quantitative estimate of drug-likeness (QED) is 0.807. The van der Waals surface area contributed by atoms with Crippen LogP contribution in [0, 0.1) is 0 Å². The maximum atomic E-state index is 12.7. The maximum absolute atomic E-state index is 12.7. The number of aromatic nitrogens is 1. The van der Waals surface area contributed by atoms with Gasteiger partial charge < -0.3 is 15.0 Å². The van der Waals surface area contributed by atoms with Crippen molar-refractivity contribution in [2.24, 2.45) is 0 Å². The van der Waals surface area contributed by atoms with Crippen molar-refractivity contribution in [3.63, 3.8) is 0 Å². The van der Waals surface area contributed by atoms with Gasteiger partial charge in [0.15, 0.2) is 12.4 Å². The summed E-state index contributed by atoms with van der Waals surface area (Å²) in [7, 11) is 0. The van der Waals surface area contributed by atoms with Crippen LogP contribution < -0.4 is 10.1 Å². The molecular weight excluding hydrogens is 330 g/mol. The molecule has 0 radical (unpaired) electrons. The van der Waals surface area contributed by atoms with Crippen LogP contribution in [-0.4, -0.2) is 47.8 Å². The normalized spacial score (nSPS) is 17.0. The van der Waals surface area contributed by atoms with Crippen molar-refractivity contribution >= 4 is 11.7 Å². The highest BCUT2D eigenvalue weighted by Gasteiger charge is 2.28. The number of amides is 1. The second-order valence-electron chi connectivity index (χ2n) is 6.18. The zero-order valence-corrected chi connectivity index (χ0v) is 14.9. The van der Waals surface area contributed by atoms with E-state index in [2.05, 4.69) is 10.3 Å². The monoisotopic (exact) mass is 353 g/mol. The number of hydrogen-bond acceptors (Lipinski definition) is 5. The predicted molar refractivity (Wildman–Crippen MR) is 98.1 cm³/mol. The van der Waals surface area contributed by atoms with Gasteiger partial charge in [0.05, 0.1) is 6.04 Å². The molecule has 6 nitrogen and oxygen atoms in total. The van der Waals surface area contributed by atoms with E-state index in [1.807, 2.05) is 24.0 Å². The number of rotatable bonds is 6. The zero-order chi connectivity index (χ0) is 18.4. The van der Waals surface area contributed by atoms with Gasteiger partial charge >= 0.3 is 0 Å². The molecule has 0 spiro atoms. The fraction of sp³-hybridized carbons (Fsp3) is 0.350. The van der Waals surface area contributed by atoms with Crippen LogP contribution in [0.5, 0.6) is 5.75 Å². The van der Waals surface area contributed by atoms with E-state index in [0.717, 1.165) is 12.1 Å². The average molecular weight is 353 g/mol. The maximum Gasteiger partial charge on any atom is 0.261 e. The van der Waals surface area contributed by atoms with Crippen LogP contribution in [0.15, 0.2) is 48.8 Å². The Morgan fingerprint density at radius 1 is 1.27 bits per heavy atom. The first kappa shape index (κ1) is 18.1. The van der Waals surface area contributed by atoms with Crippen molar-refractivity contribution in [3.8, 4) is 5.75 Å². The molecule has 3 rings (SSSR count). The van der Waals surface area contributed by atoms with E-state index in [0.29, 0.717) is 30.8 Å². The van der Waals surface area contributed by atoms with Gasteiger partial charge in [-0.3, -0.25) is 14.6 Å². The molecule has 1 amide bonds. The van der Waals surface area contributed by atoms with Gasteiger partial charge in [0.1, 0.15) is 5.75 Å². The third kappa shape index (κ3) is 4.26. The third-order valence-electron chi connectivity index (χ3n) is 4.49. The molecule has 1 saturated heterocycles. The standard InChI is InChI=1S/C20H23N3O3/c1-2-19(24)15-5-7-17(8-6-15)26-14-20(25)23-11-10-22-13-18(23)16-4-3-9-21-12-16/h3-9,12,18,22H,2,10-11,13-14H2,1H3. The number of Topliss-reactive ketones (excluding diaryl/α,β-unsaturated/α-hetero) is 1. The summed E-state index contributed by atoms with van der Waals surface area (Å²) in [5, 5.41) is 3.32. The van der Waals surface area contributed by atoms with Crippen LogP contribution in [0.4, 0.5) is 0 Å². The summed E-state index contributed by atoms with van der Waals surface area (Å²) in [5.74, 6) is 0.612. The lowest BCUT2D eigenvalue weighted by molar-refractivity contribution is -0.136. The third-order valence-corrected chi connectivity index (χ3v) is 4.49. The van der Waals surface area contributed by atoms with Crippen molar-refractivity contribution in [1.82, 2.24) is 15.2 Å². The van der Waals surface area contributed by atoms with Crippen molar-refractivity contribution < 1.29 is 14.3 Å². The molecule has 1 aromatic carbocycles. The first-order valence-electron chi connectivity index (χ1n) is 8.85. The minimum absolute atomic E-state index is 0.0299. The number of ketones is 1. The second-order valence-corrected chi connectivity index (χ2v) is 6.18. The number of nitrogens with zero attached hydrogens (tertiary/aromatic N) is 2. The first-order chi connectivity index (χ1) is 12.7. The van der Waals surface area contributed by atoms with Gasteiger partial charge in [0, 0.05) is 44.0 Å². The number of hydrogen-bond donors (Lipinski definition) is 1. The molecule has 26 heavy (non-hydrogen) atoms. The largest absolute Gasteiger partial charge is 0.484 e. The van der Waals surface area contributed by atoms with Crippen molar-refractivity contribution in [2.45, 2.75) is 19.4 Å². The lowest BCUT2D eigenvalue weighted by Gasteiger charge is -2.36. The molecule has 1 unspecified atom stereocenters. The lowest BCUT2D eigenvalue weighted by Crippen LogP contribution is -2.50. The van der Waals surface area contributed by atoms with Gasteiger partial charge in [0.2, 0.25) is 0 Å². The minimum Gasteiger partial charge on any atom is -0.484 e. The zero-order valence-electron chi connectivity index (χ0n) is 14.9. The fourth-order valence-electron chi connectivity index (χ4n) is 3.04. The number of ether oxygens (including phenoxy) is 1. The van der Waals surface area contributed by atoms with E-state index in [1.165, 1.54) is 0 Å². The van der Waals surface area contributed by atoms with Crippen LogP contribution in [-0.2, 0) is 4.79 Å². The van der Waals surface area contributed by atoms with Gasteiger partial charge in [-0.05, 0) is 35.9 Å². The smallest absolute Gasteiger partial charge is 0.261 e. The molecule has 0 aliphatic carbocycles. The summed E-state index contributed by atoms with van der Waals surface area (Å²) >= 11 is 0. The summed E-state index contributed by atoms with van der Waals surface area (Å²) in [6.45, 7) is 3.89. The van der Waals surface area contributed by atoms with Crippen LogP contribution >= 0.6 is 0 Å². The summed E-state index contributed by atoms with van der Waals surface area (Å²) in [5.41, 5.74) is 1.67. The van der Waals surface area contributed by atoms with Gasteiger partial charge in [-0.15, -0.1) is 0 Å². The molecule has 2 heterocycles. The Kier molecular flexibility index (Phi) is 5.96. The molecule has 1 atom stereocenters.